The normalized spacial score (nSPS) is 10.5. The summed E-state index contributed by atoms with van der Waals surface area (Å²) in [4.78, 5) is 30.4. The van der Waals surface area contributed by atoms with Crippen molar-refractivity contribution in [1.82, 2.24) is 9.97 Å². The summed E-state index contributed by atoms with van der Waals surface area (Å²) in [6.45, 7) is 3.92. The second kappa shape index (κ2) is 6.52. The van der Waals surface area contributed by atoms with Crippen LogP contribution in [-0.4, -0.2) is 21.5 Å². The van der Waals surface area contributed by atoms with Gasteiger partial charge < -0.3 is 4.98 Å². The van der Waals surface area contributed by atoms with Crippen LogP contribution in [-0.2, 0) is 6.42 Å². The number of carbonyl (C=O) groups is 1. The monoisotopic (exact) mass is 288 g/mol. The van der Waals surface area contributed by atoms with Crippen LogP contribution in [0.5, 0.6) is 0 Å². The molecule has 4 nitrogen and oxygen atoms in total. The van der Waals surface area contributed by atoms with E-state index in [4.69, 9.17) is 0 Å². The molecule has 0 unspecified atom stereocenters. The molecule has 2 rings (SSSR count). The summed E-state index contributed by atoms with van der Waals surface area (Å²) in [5.41, 5.74) is 2.36. The van der Waals surface area contributed by atoms with Gasteiger partial charge in [0.15, 0.2) is 10.9 Å². The number of hydrogen-bond donors (Lipinski definition) is 1. The topological polar surface area (TPSA) is 62.8 Å². The Morgan fingerprint density at radius 3 is 2.65 bits per heavy atom. The van der Waals surface area contributed by atoms with Crippen LogP contribution in [0.25, 0.3) is 0 Å². The maximum Gasteiger partial charge on any atom is 0.251 e. The quantitative estimate of drug-likeness (QED) is 0.522. The molecule has 1 aromatic heterocycles. The summed E-state index contributed by atoms with van der Waals surface area (Å²) in [6, 6.07) is 8.94. The molecular formula is C15H16N2O2S. The lowest BCUT2D eigenvalue weighted by Crippen LogP contribution is -2.11. The SMILES string of the molecule is CCc1cc(=O)[nH]c(SCC(=O)c2ccc(C)cc2)n1. The van der Waals surface area contributed by atoms with Crippen LogP contribution in [0.15, 0.2) is 40.3 Å². The van der Waals surface area contributed by atoms with Gasteiger partial charge in [0.05, 0.1) is 5.75 Å². The van der Waals surface area contributed by atoms with Gasteiger partial charge in [-0.15, -0.1) is 0 Å². The Bertz CT molecular complexity index is 662. The van der Waals surface area contributed by atoms with Crippen molar-refractivity contribution >= 4 is 17.5 Å². The third kappa shape index (κ3) is 3.81. The number of ketones is 1. The number of aromatic nitrogens is 2. The molecule has 0 radical (unpaired) electrons. The van der Waals surface area contributed by atoms with E-state index in [0.29, 0.717) is 17.1 Å². The fraction of sp³-hybridized carbons (Fsp3) is 0.267. The summed E-state index contributed by atoms with van der Waals surface area (Å²) in [5, 5.41) is 0.495. The van der Waals surface area contributed by atoms with Gasteiger partial charge in [-0.1, -0.05) is 48.5 Å². The van der Waals surface area contributed by atoms with Gasteiger partial charge in [-0.3, -0.25) is 9.59 Å². The van der Waals surface area contributed by atoms with Gasteiger partial charge in [0.25, 0.3) is 5.56 Å². The zero-order chi connectivity index (χ0) is 14.5. The summed E-state index contributed by atoms with van der Waals surface area (Å²) in [5.74, 6) is 0.290. The summed E-state index contributed by atoms with van der Waals surface area (Å²) < 4.78 is 0. The van der Waals surface area contributed by atoms with E-state index >= 15 is 0 Å². The molecule has 104 valence electrons. The van der Waals surface area contributed by atoms with Crippen molar-refractivity contribution in [3.05, 3.63) is 57.5 Å². The van der Waals surface area contributed by atoms with E-state index in [1.165, 1.54) is 17.8 Å². The maximum absolute atomic E-state index is 12.0. The van der Waals surface area contributed by atoms with Crippen molar-refractivity contribution in [2.75, 3.05) is 5.75 Å². The molecule has 0 aliphatic rings. The van der Waals surface area contributed by atoms with Crippen molar-refractivity contribution in [2.45, 2.75) is 25.4 Å². The van der Waals surface area contributed by atoms with E-state index in [2.05, 4.69) is 9.97 Å². The van der Waals surface area contributed by atoms with Crippen LogP contribution in [0, 0.1) is 6.92 Å². The molecular weight excluding hydrogens is 272 g/mol. The molecule has 0 bridgehead atoms. The number of carbonyl (C=O) groups excluding carboxylic acids is 1. The third-order valence-corrected chi connectivity index (χ3v) is 3.72. The third-order valence-electron chi connectivity index (χ3n) is 2.85. The van der Waals surface area contributed by atoms with Crippen LogP contribution in [0.1, 0.15) is 28.5 Å². The molecule has 0 saturated heterocycles. The van der Waals surface area contributed by atoms with E-state index in [0.717, 1.165) is 11.3 Å². The van der Waals surface area contributed by atoms with Crippen molar-refractivity contribution in [2.24, 2.45) is 0 Å². The van der Waals surface area contributed by atoms with Crippen LogP contribution in [0.2, 0.25) is 0 Å². The Kier molecular flexibility index (Phi) is 4.74. The van der Waals surface area contributed by atoms with Crippen molar-refractivity contribution < 1.29 is 4.79 Å². The van der Waals surface area contributed by atoms with E-state index in [1.807, 2.05) is 38.1 Å². The molecule has 5 heteroatoms. The second-order valence-electron chi connectivity index (χ2n) is 4.47. The zero-order valence-electron chi connectivity index (χ0n) is 11.5. The summed E-state index contributed by atoms with van der Waals surface area (Å²) in [7, 11) is 0. The predicted molar refractivity (Wildman–Crippen MR) is 80.5 cm³/mol. The molecule has 0 aliphatic heterocycles. The number of thioether (sulfide) groups is 1. The lowest BCUT2D eigenvalue weighted by molar-refractivity contribution is 0.102. The first-order valence-electron chi connectivity index (χ1n) is 6.41. The minimum Gasteiger partial charge on any atom is -0.301 e. The highest BCUT2D eigenvalue weighted by Crippen LogP contribution is 2.14. The number of aromatic amines is 1. The first-order valence-corrected chi connectivity index (χ1v) is 7.40. The zero-order valence-corrected chi connectivity index (χ0v) is 12.3. The van der Waals surface area contributed by atoms with Gasteiger partial charge in [-0.05, 0) is 13.3 Å². The molecule has 1 heterocycles. The molecule has 0 fully saturated rings. The number of nitrogens with one attached hydrogen (secondary N) is 1. The molecule has 2 aromatic rings. The Labute approximate surface area is 121 Å². The Morgan fingerprint density at radius 2 is 2.00 bits per heavy atom. The second-order valence-corrected chi connectivity index (χ2v) is 5.44. The highest BCUT2D eigenvalue weighted by atomic mass is 32.2. The fourth-order valence-electron chi connectivity index (χ4n) is 1.69. The summed E-state index contributed by atoms with van der Waals surface area (Å²) >= 11 is 1.26. The lowest BCUT2D eigenvalue weighted by Gasteiger charge is -2.03. The number of hydrogen-bond acceptors (Lipinski definition) is 4. The lowest BCUT2D eigenvalue weighted by atomic mass is 10.1. The smallest absolute Gasteiger partial charge is 0.251 e. The Hall–Kier alpha value is -1.88. The molecule has 0 atom stereocenters. The van der Waals surface area contributed by atoms with Crippen molar-refractivity contribution in [1.29, 1.82) is 0 Å². The molecule has 1 aromatic carbocycles. The standard InChI is InChI=1S/C15H16N2O2S/c1-3-12-8-14(19)17-15(16-12)20-9-13(18)11-6-4-10(2)5-7-11/h4-8H,3,9H2,1-2H3,(H,16,17,19). The van der Waals surface area contributed by atoms with Crippen LogP contribution >= 0.6 is 11.8 Å². The number of nitrogens with zero attached hydrogens (tertiary/aromatic N) is 1. The van der Waals surface area contributed by atoms with Crippen LogP contribution in [0.3, 0.4) is 0 Å². The number of aryl methyl sites for hydroxylation is 2. The molecule has 0 amide bonds. The number of benzene rings is 1. The maximum atomic E-state index is 12.0. The average molecular weight is 288 g/mol. The van der Waals surface area contributed by atoms with Crippen molar-refractivity contribution in [3.8, 4) is 0 Å². The van der Waals surface area contributed by atoms with Crippen LogP contribution in [0.4, 0.5) is 0 Å². The number of Topliss-reactive ketones (excluding diaryl/α,β-unsaturated/α-hetero) is 1. The van der Waals surface area contributed by atoms with E-state index < -0.39 is 0 Å². The largest absolute Gasteiger partial charge is 0.301 e. The molecule has 0 spiro atoms. The predicted octanol–water partition coefficient (Wildman–Crippen LogP) is 2.62. The Balaban J connectivity index is 2.05. The number of rotatable bonds is 5. The molecule has 1 N–H and O–H groups in total. The van der Waals surface area contributed by atoms with E-state index in [9.17, 15) is 9.59 Å². The minimum absolute atomic E-state index is 0.0274. The highest BCUT2D eigenvalue weighted by molar-refractivity contribution is 7.99. The molecule has 20 heavy (non-hydrogen) atoms. The minimum atomic E-state index is -0.179. The molecule has 0 saturated carbocycles. The van der Waals surface area contributed by atoms with E-state index in [1.54, 1.807) is 0 Å². The Morgan fingerprint density at radius 1 is 1.30 bits per heavy atom. The number of H-pyrrole nitrogens is 1. The van der Waals surface area contributed by atoms with E-state index in [-0.39, 0.29) is 17.1 Å². The summed E-state index contributed by atoms with van der Waals surface area (Å²) in [6.07, 6.45) is 0.698. The average Bonchev–Trinajstić information content (AvgIpc) is 2.45. The van der Waals surface area contributed by atoms with Crippen molar-refractivity contribution in [3.63, 3.8) is 0 Å². The van der Waals surface area contributed by atoms with Gasteiger partial charge in [-0.2, -0.15) is 0 Å². The van der Waals surface area contributed by atoms with Crippen LogP contribution < -0.4 is 5.56 Å². The highest BCUT2D eigenvalue weighted by Gasteiger charge is 2.08. The van der Waals surface area contributed by atoms with Gasteiger partial charge in [0.1, 0.15) is 0 Å². The van der Waals surface area contributed by atoms with Gasteiger partial charge in [0.2, 0.25) is 0 Å². The first kappa shape index (κ1) is 14.5. The first-order chi connectivity index (χ1) is 9.58. The van der Waals surface area contributed by atoms with Gasteiger partial charge >= 0.3 is 0 Å². The van der Waals surface area contributed by atoms with Gasteiger partial charge in [-0.25, -0.2) is 4.98 Å². The molecule has 0 aliphatic carbocycles. The van der Waals surface area contributed by atoms with Gasteiger partial charge in [0, 0.05) is 17.3 Å². The fourth-order valence-corrected chi connectivity index (χ4v) is 2.48.